The molecular formula is C18H21N3O5. The van der Waals surface area contributed by atoms with E-state index in [2.05, 4.69) is 5.10 Å². The Hall–Kier alpha value is -2.45. The van der Waals surface area contributed by atoms with Gasteiger partial charge in [-0.2, -0.15) is 5.10 Å². The molecule has 2 saturated heterocycles. The van der Waals surface area contributed by atoms with Gasteiger partial charge in [0.1, 0.15) is 5.60 Å². The molecule has 0 saturated carbocycles. The van der Waals surface area contributed by atoms with Crippen molar-refractivity contribution in [3.8, 4) is 0 Å². The summed E-state index contributed by atoms with van der Waals surface area (Å²) in [6.07, 6.45) is 4.50. The molecule has 0 unspecified atom stereocenters. The van der Waals surface area contributed by atoms with Crippen LogP contribution in [0, 0.1) is 0 Å². The van der Waals surface area contributed by atoms with E-state index >= 15 is 0 Å². The summed E-state index contributed by atoms with van der Waals surface area (Å²) in [6, 6.07) is 6.46. The minimum absolute atomic E-state index is 0.134. The Kier molecular flexibility index (Phi) is 4.60. The maximum atomic E-state index is 12.6. The second-order valence-electron chi connectivity index (χ2n) is 6.76. The van der Waals surface area contributed by atoms with Crippen LogP contribution in [0.1, 0.15) is 23.4 Å². The fraction of sp³-hybridized carbons (Fsp3) is 0.500. The van der Waals surface area contributed by atoms with Gasteiger partial charge in [-0.1, -0.05) is 0 Å². The van der Waals surface area contributed by atoms with Crippen molar-refractivity contribution in [3.05, 3.63) is 52.8 Å². The van der Waals surface area contributed by atoms with Crippen LogP contribution in [-0.4, -0.2) is 58.6 Å². The molecule has 2 aromatic rings. The smallest absolute Gasteiger partial charge is 0.289 e. The predicted molar refractivity (Wildman–Crippen MR) is 90.8 cm³/mol. The van der Waals surface area contributed by atoms with Gasteiger partial charge in [-0.3, -0.25) is 9.59 Å². The largest absolute Gasteiger partial charge is 0.459 e. The number of nitrogens with zero attached hydrogens (tertiary/aromatic N) is 3. The minimum atomic E-state index is -0.554. The summed E-state index contributed by atoms with van der Waals surface area (Å²) in [6.45, 7) is 2.23. The van der Waals surface area contributed by atoms with Crippen molar-refractivity contribution in [3.63, 3.8) is 0 Å². The van der Waals surface area contributed by atoms with Gasteiger partial charge in [0.2, 0.25) is 0 Å². The highest BCUT2D eigenvalue weighted by molar-refractivity contribution is 5.91. The zero-order chi connectivity index (χ0) is 18.0. The van der Waals surface area contributed by atoms with Crippen LogP contribution in [0.4, 0.5) is 0 Å². The fourth-order valence-electron chi connectivity index (χ4n) is 3.60. The van der Waals surface area contributed by atoms with Gasteiger partial charge in [0.25, 0.3) is 11.5 Å². The van der Waals surface area contributed by atoms with Crippen molar-refractivity contribution in [1.82, 2.24) is 14.7 Å². The van der Waals surface area contributed by atoms with Crippen LogP contribution < -0.4 is 5.56 Å². The van der Waals surface area contributed by atoms with Gasteiger partial charge in [0.15, 0.2) is 5.76 Å². The molecule has 2 atom stereocenters. The molecule has 4 heterocycles. The summed E-state index contributed by atoms with van der Waals surface area (Å²) >= 11 is 0. The van der Waals surface area contributed by atoms with E-state index < -0.39 is 5.60 Å². The van der Waals surface area contributed by atoms with Crippen LogP contribution in [0.15, 0.2) is 45.9 Å². The first-order chi connectivity index (χ1) is 12.7. The van der Waals surface area contributed by atoms with Crippen LogP contribution in [0.3, 0.4) is 0 Å². The Labute approximate surface area is 150 Å². The van der Waals surface area contributed by atoms with Crippen LogP contribution in [0.2, 0.25) is 0 Å². The van der Waals surface area contributed by atoms with Crippen LogP contribution in [0.5, 0.6) is 0 Å². The zero-order valence-electron chi connectivity index (χ0n) is 14.4. The third-order valence-electron chi connectivity index (χ3n) is 4.87. The van der Waals surface area contributed by atoms with E-state index in [1.54, 1.807) is 29.3 Å². The molecule has 2 aliphatic heterocycles. The third-order valence-corrected chi connectivity index (χ3v) is 4.87. The average Bonchev–Trinajstić information content (AvgIpc) is 3.25. The number of aromatic nitrogens is 2. The molecular weight excluding hydrogens is 338 g/mol. The first kappa shape index (κ1) is 17.0. The maximum Gasteiger partial charge on any atom is 0.289 e. The first-order valence-corrected chi connectivity index (χ1v) is 8.76. The quantitative estimate of drug-likeness (QED) is 0.810. The summed E-state index contributed by atoms with van der Waals surface area (Å²) in [5.74, 6) is 0.157. The van der Waals surface area contributed by atoms with Gasteiger partial charge >= 0.3 is 0 Å². The van der Waals surface area contributed by atoms with E-state index in [4.69, 9.17) is 13.9 Å². The maximum absolute atomic E-state index is 12.6. The number of amides is 1. The second kappa shape index (κ2) is 7.05. The summed E-state index contributed by atoms with van der Waals surface area (Å²) in [5.41, 5.74) is -0.703. The lowest BCUT2D eigenvalue weighted by Crippen LogP contribution is -2.47. The molecule has 8 heteroatoms. The van der Waals surface area contributed by atoms with E-state index in [9.17, 15) is 9.59 Å². The van der Waals surface area contributed by atoms with Gasteiger partial charge in [0.05, 0.1) is 38.7 Å². The SMILES string of the molecule is O=C(c1ccco1)N1CCOC[C@@]2(CC[C@H](Cn3ncccc3=O)O2)C1. The van der Waals surface area contributed by atoms with Gasteiger partial charge in [-0.25, -0.2) is 4.68 Å². The molecule has 8 nitrogen and oxygen atoms in total. The normalized spacial score (nSPS) is 26.2. The minimum Gasteiger partial charge on any atom is -0.459 e. The fourth-order valence-corrected chi connectivity index (χ4v) is 3.60. The summed E-state index contributed by atoms with van der Waals surface area (Å²) in [5, 5.41) is 4.09. The first-order valence-electron chi connectivity index (χ1n) is 8.76. The van der Waals surface area contributed by atoms with Crippen molar-refractivity contribution >= 4 is 5.91 Å². The highest BCUT2D eigenvalue weighted by Crippen LogP contribution is 2.33. The number of carbonyl (C=O) groups excluding carboxylic acids is 1. The van der Waals surface area contributed by atoms with Gasteiger partial charge in [-0.15, -0.1) is 0 Å². The molecule has 2 aromatic heterocycles. The highest BCUT2D eigenvalue weighted by Gasteiger charge is 2.44. The molecule has 2 aliphatic rings. The van der Waals surface area contributed by atoms with Crippen LogP contribution >= 0.6 is 0 Å². The number of furan rings is 1. The molecule has 138 valence electrons. The number of hydrogen-bond donors (Lipinski definition) is 0. The molecule has 2 fully saturated rings. The zero-order valence-corrected chi connectivity index (χ0v) is 14.4. The standard InChI is InChI=1S/C18H21N3O5/c22-16-4-1-7-19-21(16)11-14-5-6-18(26-14)12-20(8-10-24-13-18)17(23)15-3-2-9-25-15/h1-4,7,9,14H,5-6,8,10-13H2/t14-,18-/m1/s1. The van der Waals surface area contributed by atoms with Crippen molar-refractivity contribution in [2.75, 3.05) is 26.3 Å². The van der Waals surface area contributed by atoms with Crippen LogP contribution in [0.25, 0.3) is 0 Å². The second-order valence-corrected chi connectivity index (χ2v) is 6.76. The van der Waals surface area contributed by atoms with Crippen LogP contribution in [-0.2, 0) is 16.0 Å². The van der Waals surface area contributed by atoms with Gasteiger partial charge in [0, 0.05) is 18.8 Å². The predicted octanol–water partition coefficient (Wildman–Crippen LogP) is 0.927. The summed E-state index contributed by atoms with van der Waals surface area (Å²) < 4.78 is 18.6. The number of rotatable bonds is 3. The van der Waals surface area contributed by atoms with Crippen molar-refractivity contribution in [2.24, 2.45) is 0 Å². The molecule has 0 aromatic carbocycles. The molecule has 26 heavy (non-hydrogen) atoms. The Morgan fingerprint density at radius 1 is 1.35 bits per heavy atom. The average molecular weight is 359 g/mol. The third kappa shape index (κ3) is 3.42. The Balaban J connectivity index is 1.46. The highest BCUT2D eigenvalue weighted by atomic mass is 16.6. The van der Waals surface area contributed by atoms with E-state index in [1.807, 2.05) is 0 Å². The summed E-state index contributed by atoms with van der Waals surface area (Å²) in [4.78, 5) is 26.2. The lowest BCUT2D eigenvalue weighted by molar-refractivity contribution is -0.0884. The molecule has 0 N–H and O–H groups in total. The van der Waals surface area contributed by atoms with Crippen molar-refractivity contribution in [2.45, 2.75) is 31.1 Å². The Morgan fingerprint density at radius 2 is 2.27 bits per heavy atom. The van der Waals surface area contributed by atoms with E-state index in [1.165, 1.54) is 17.0 Å². The van der Waals surface area contributed by atoms with Gasteiger partial charge < -0.3 is 18.8 Å². The van der Waals surface area contributed by atoms with Crippen molar-refractivity contribution < 1.29 is 18.7 Å². The lowest BCUT2D eigenvalue weighted by Gasteiger charge is -2.31. The Bertz CT molecular complexity index is 818. The molecule has 1 spiro atoms. The molecule has 0 bridgehead atoms. The number of hydrogen-bond acceptors (Lipinski definition) is 6. The van der Waals surface area contributed by atoms with E-state index in [-0.39, 0.29) is 17.6 Å². The number of ether oxygens (including phenoxy) is 2. The van der Waals surface area contributed by atoms with E-state index in [0.717, 1.165) is 12.8 Å². The topological polar surface area (TPSA) is 86.8 Å². The molecule has 1 amide bonds. The molecule has 0 radical (unpaired) electrons. The van der Waals surface area contributed by atoms with Gasteiger partial charge in [-0.05, 0) is 31.0 Å². The lowest BCUT2D eigenvalue weighted by atomic mass is 10.00. The van der Waals surface area contributed by atoms with Crippen molar-refractivity contribution in [1.29, 1.82) is 0 Å². The van der Waals surface area contributed by atoms with E-state index in [0.29, 0.717) is 38.6 Å². The Morgan fingerprint density at radius 3 is 3.08 bits per heavy atom. The summed E-state index contributed by atoms with van der Waals surface area (Å²) in [7, 11) is 0. The molecule has 4 rings (SSSR count). The number of carbonyl (C=O) groups is 1. The monoisotopic (exact) mass is 359 g/mol. The molecule has 0 aliphatic carbocycles.